The number of rotatable bonds is 5. The molecule has 1 atom stereocenters. The number of benzene rings is 2. The van der Waals surface area contributed by atoms with E-state index in [1.54, 1.807) is 12.7 Å². The maximum Gasteiger partial charge on any atom is 0.251 e. The minimum absolute atomic E-state index is 0.0645. The van der Waals surface area contributed by atoms with Crippen molar-refractivity contribution >= 4 is 5.91 Å². The minimum atomic E-state index is -0.0645. The molecular formula is C20H20N4O2. The van der Waals surface area contributed by atoms with Crippen molar-refractivity contribution in [1.29, 1.82) is 0 Å². The van der Waals surface area contributed by atoms with Crippen LogP contribution in [0, 0.1) is 0 Å². The van der Waals surface area contributed by atoms with Gasteiger partial charge in [0.15, 0.2) is 0 Å². The zero-order chi connectivity index (χ0) is 17.8. The Hall–Kier alpha value is -2.99. The maximum absolute atomic E-state index is 12.3. The highest BCUT2D eigenvalue weighted by atomic mass is 16.5. The summed E-state index contributed by atoms with van der Waals surface area (Å²) >= 11 is 0. The first-order valence-electron chi connectivity index (χ1n) is 8.75. The van der Waals surface area contributed by atoms with Gasteiger partial charge >= 0.3 is 0 Å². The van der Waals surface area contributed by atoms with Gasteiger partial charge in [-0.15, -0.1) is 10.2 Å². The van der Waals surface area contributed by atoms with Crippen LogP contribution in [-0.4, -0.2) is 39.9 Å². The molecule has 3 aromatic rings. The molecule has 1 aliphatic rings. The molecule has 6 heteroatoms. The summed E-state index contributed by atoms with van der Waals surface area (Å²) in [6.07, 6.45) is 5.57. The number of aromatic nitrogens is 3. The van der Waals surface area contributed by atoms with Crippen molar-refractivity contribution in [2.75, 3.05) is 13.2 Å². The lowest BCUT2D eigenvalue weighted by atomic mass is 10.0. The fourth-order valence-electron chi connectivity index (χ4n) is 3.11. The van der Waals surface area contributed by atoms with Gasteiger partial charge in [0.2, 0.25) is 0 Å². The molecule has 1 N–H and O–H groups in total. The highest BCUT2D eigenvalue weighted by Gasteiger charge is 2.16. The maximum atomic E-state index is 12.3. The summed E-state index contributed by atoms with van der Waals surface area (Å²) in [6.45, 7) is 1.37. The molecule has 4 rings (SSSR count). The Morgan fingerprint density at radius 3 is 2.65 bits per heavy atom. The van der Waals surface area contributed by atoms with Crippen molar-refractivity contribution in [2.24, 2.45) is 0 Å². The Balaban J connectivity index is 1.45. The van der Waals surface area contributed by atoms with Crippen LogP contribution in [0.3, 0.4) is 0 Å². The number of nitrogens with one attached hydrogen (secondary N) is 1. The fourth-order valence-corrected chi connectivity index (χ4v) is 3.11. The van der Waals surface area contributed by atoms with Crippen LogP contribution in [0.2, 0.25) is 0 Å². The van der Waals surface area contributed by atoms with E-state index in [2.05, 4.69) is 21.6 Å². The molecule has 2 aromatic carbocycles. The van der Waals surface area contributed by atoms with Crippen LogP contribution in [-0.2, 0) is 4.74 Å². The van der Waals surface area contributed by atoms with E-state index in [0.29, 0.717) is 12.1 Å². The Bertz CT molecular complexity index is 869. The van der Waals surface area contributed by atoms with Gasteiger partial charge in [-0.1, -0.05) is 24.3 Å². The van der Waals surface area contributed by atoms with E-state index in [9.17, 15) is 4.79 Å². The lowest BCUT2D eigenvalue weighted by molar-refractivity contribution is 0.0858. The first-order valence-corrected chi connectivity index (χ1v) is 8.75. The normalized spacial score (nSPS) is 16.5. The lowest BCUT2D eigenvalue weighted by Crippen LogP contribution is -2.31. The summed E-state index contributed by atoms with van der Waals surface area (Å²) < 4.78 is 7.39. The number of ether oxygens (including phenoxy) is 1. The van der Waals surface area contributed by atoms with Crippen molar-refractivity contribution in [3.8, 4) is 16.8 Å². The zero-order valence-corrected chi connectivity index (χ0v) is 14.3. The van der Waals surface area contributed by atoms with Crippen LogP contribution < -0.4 is 5.32 Å². The summed E-state index contributed by atoms with van der Waals surface area (Å²) in [7, 11) is 0. The second-order valence-electron chi connectivity index (χ2n) is 6.34. The summed E-state index contributed by atoms with van der Waals surface area (Å²) in [5.74, 6) is -0.0645. The Labute approximate surface area is 151 Å². The lowest BCUT2D eigenvalue weighted by Gasteiger charge is -2.11. The van der Waals surface area contributed by atoms with Crippen LogP contribution >= 0.6 is 0 Å². The average molecular weight is 348 g/mol. The predicted octanol–water partition coefficient (Wildman–Crippen LogP) is 2.84. The van der Waals surface area contributed by atoms with E-state index in [1.165, 1.54) is 0 Å². The van der Waals surface area contributed by atoms with E-state index in [4.69, 9.17) is 4.74 Å². The molecule has 0 saturated carbocycles. The average Bonchev–Trinajstić information content (AvgIpc) is 3.40. The van der Waals surface area contributed by atoms with Crippen LogP contribution in [0.25, 0.3) is 16.8 Å². The van der Waals surface area contributed by atoms with Gasteiger partial charge in [0.05, 0.1) is 6.10 Å². The largest absolute Gasteiger partial charge is 0.376 e. The smallest absolute Gasteiger partial charge is 0.251 e. The highest BCUT2D eigenvalue weighted by molar-refractivity contribution is 5.94. The Morgan fingerprint density at radius 2 is 1.92 bits per heavy atom. The zero-order valence-electron chi connectivity index (χ0n) is 14.3. The number of hydrogen-bond acceptors (Lipinski definition) is 4. The van der Waals surface area contributed by atoms with Crippen LogP contribution in [0.1, 0.15) is 23.2 Å². The van der Waals surface area contributed by atoms with Crippen LogP contribution in [0.15, 0.2) is 61.2 Å². The molecule has 1 aromatic heterocycles. The van der Waals surface area contributed by atoms with Crippen molar-refractivity contribution in [3.05, 3.63) is 66.7 Å². The van der Waals surface area contributed by atoms with Gasteiger partial charge in [0.1, 0.15) is 12.7 Å². The van der Waals surface area contributed by atoms with E-state index in [-0.39, 0.29) is 12.0 Å². The number of nitrogens with zero attached hydrogens (tertiary/aromatic N) is 3. The molecule has 0 radical (unpaired) electrons. The quantitative estimate of drug-likeness (QED) is 0.770. The van der Waals surface area contributed by atoms with Crippen molar-refractivity contribution in [3.63, 3.8) is 0 Å². The monoisotopic (exact) mass is 348 g/mol. The summed E-state index contributed by atoms with van der Waals surface area (Å²) in [4.78, 5) is 12.3. The van der Waals surface area contributed by atoms with Gasteiger partial charge in [0.25, 0.3) is 5.91 Å². The molecule has 1 amide bonds. The molecule has 132 valence electrons. The first kappa shape index (κ1) is 16.5. The minimum Gasteiger partial charge on any atom is -0.376 e. The van der Waals surface area contributed by atoms with E-state index < -0.39 is 0 Å². The third-order valence-electron chi connectivity index (χ3n) is 4.56. The fraction of sp³-hybridized carbons (Fsp3) is 0.250. The molecule has 1 unspecified atom stereocenters. The second-order valence-corrected chi connectivity index (χ2v) is 6.34. The molecule has 1 fully saturated rings. The second kappa shape index (κ2) is 7.49. The molecule has 0 bridgehead atoms. The van der Waals surface area contributed by atoms with Gasteiger partial charge in [-0.3, -0.25) is 9.36 Å². The molecular weight excluding hydrogens is 328 g/mol. The van der Waals surface area contributed by atoms with Gasteiger partial charge in [-0.05, 0) is 48.2 Å². The van der Waals surface area contributed by atoms with Gasteiger partial charge < -0.3 is 10.1 Å². The van der Waals surface area contributed by atoms with Gasteiger partial charge in [-0.25, -0.2) is 0 Å². The third-order valence-corrected chi connectivity index (χ3v) is 4.56. The number of carbonyl (C=O) groups excluding carboxylic acids is 1. The van der Waals surface area contributed by atoms with Crippen molar-refractivity contribution in [2.45, 2.75) is 18.9 Å². The molecule has 26 heavy (non-hydrogen) atoms. The SMILES string of the molecule is O=C(NCC1CCCO1)c1ccc(-c2cccc(-n3cnnc3)c2)cc1. The Kier molecular flexibility index (Phi) is 4.75. The van der Waals surface area contributed by atoms with Crippen LogP contribution in [0.5, 0.6) is 0 Å². The van der Waals surface area contributed by atoms with E-state index in [1.807, 2.05) is 47.0 Å². The molecule has 6 nitrogen and oxygen atoms in total. The summed E-state index contributed by atoms with van der Waals surface area (Å²) in [5.41, 5.74) is 3.77. The molecule has 2 heterocycles. The summed E-state index contributed by atoms with van der Waals surface area (Å²) in [5, 5.41) is 10.6. The number of hydrogen-bond donors (Lipinski definition) is 1. The third kappa shape index (κ3) is 3.65. The predicted molar refractivity (Wildman–Crippen MR) is 98.1 cm³/mol. The first-order chi connectivity index (χ1) is 12.8. The van der Waals surface area contributed by atoms with E-state index >= 15 is 0 Å². The number of carbonyl (C=O) groups is 1. The molecule has 1 saturated heterocycles. The molecule has 1 aliphatic heterocycles. The van der Waals surface area contributed by atoms with Crippen molar-refractivity contribution < 1.29 is 9.53 Å². The van der Waals surface area contributed by atoms with Crippen molar-refractivity contribution in [1.82, 2.24) is 20.1 Å². The topological polar surface area (TPSA) is 69.0 Å². The van der Waals surface area contributed by atoms with Gasteiger partial charge in [-0.2, -0.15) is 0 Å². The standard InChI is InChI=1S/C20H20N4O2/c25-20(21-12-19-5-2-10-26-19)16-8-6-15(7-9-16)17-3-1-4-18(11-17)24-13-22-23-14-24/h1,3-4,6-9,11,13-14,19H,2,5,10,12H2,(H,21,25). The molecule has 0 aliphatic carbocycles. The summed E-state index contributed by atoms with van der Waals surface area (Å²) in [6, 6.07) is 15.7. The van der Waals surface area contributed by atoms with E-state index in [0.717, 1.165) is 36.3 Å². The Morgan fingerprint density at radius 1 is 1.12 bits per heavy atom. The molecule has 0 spiro atoms. The number of amides is 1. The van der Waals surface area contributed by atoms with Gasteiger partial charge in [0, 0.05) is 24.4 Å². The van der Waals surface area contributed by atoms with Crippen LogP contribution in [0.4, 0.5) is 0 Å². The highest BCUT2D eigenvalue weighted by Crippen LogP contribution is 2.22.